The Morgan fingerprint density at radius 2 is 1.84 bits per heavy atom. The second kappa shape index (κ2) is 6.26. The third kappa shape index (κ3) is 3.42. The van der Waals surface area contributed by atoms with Crippen LogP contribution in [0.5, 0.6) is 0 Å². The van der Waals surface area contributed by atoms with Crippen LogP contribution in [0.4, 0.5) is 4.39 Å². The molecule has 0 bridgehead atoms. The van der Waals surface area contributed by atoms with E-state index in [1.54, 1.807) is 18.2 Å². The van der Waals surface area contributed by atoms with Gasteiger partial charge in [-0.2, -0.15) is 0 Å². The summed E-state index contributed by atoms with van der Waals surface area (Å²) in [5.74, 6) is -0.528. The predicted octanol–water partition coefficient (Wildman–Crippen LogP) is 5.58. The van der Waals surface area contributed by atoms with Gasteiger partial charge in [0.2, 0.25) is 0 Å². The van der Waals surface area contributed by atoms with E-state index in [9.17, 15) is 9.50 Å². The lowest BCUT2D eigenvalue weighted by molar-refractivity contribution is 0.214. The molecule has 1 atom stereocenters. The molecule has 0 aliphatic rings. The number of hydrogen-bond acceptors (Lipinski definition) is 1. The van der Waals surface area contributed by atoms with E-state index >= 15 is 0 Å². The minimum Gasteiger partial charge on any atom is -0.384 e. The minimum atomic E-state index is -1.11. The molecule has 0 heterocycles. The zero-order chi connectivity index (χ0) is 14.2. The van der Waals surface area contributed by atoms with Crippen LogP contribution in [0.15, 0.2) is 34.8 Å². The molecule has 0 aromatic heterocycles. The van der Waals surface area contributed by atoms with Gasteiger partial charge in [-0.15, -0.1) is 0 Å². The van der Waals surface area contributed by atoms with Gasteiger partial charge in [0.15, 0.2) is 0 Å². The van der Waals surface area contributed by atoms with Crippen molar-refractivity contribution in [2.75, 3.05) is 0 Å². The van der Waals surface area contributed by atoms with Crippen LogP contribution in [0.2, 0.25) is 10.0 Å². The highest BCUT2D eigenvalue weighted by molar-refractivity contribution is 14.1. The van der Waals surface area contributed by atoms with E-state index < -0.39 is 11.9 Å². The number of aliphatic hydroxyl groups excluding tert-OH is 1. The summed E-state index contributed by atoms with van der Waals surface area (Å²) >= 11 is 17.0. The molecule has 1 nitrogen and oxygen atoms in total. The average molecular weight is 476 g/mol. The zero-order valence-corrected chi connectivity index (χ0v) is 14.6. The van der Waals surface area contributed by atoms with Gasteiger partial charge in [-0.1, -0.05) is 23.2 Å². The second-order valence-corrected chi connectivity index (χ2v) is 6.72. The molecule has 0 amide bonds. The summed E-state index contributed by atoms with van der Waals surface area (Å²) in [6, 6.07) is 7.73. The Bertz CT molecular complexity index is 636. The molecule has 0 aliphatic carbocycles. The van der Waals surface area contributed by atoms with Gasteiger partial charge in [-0.05, 0) is 74.4 Å². The first kappa shape index (κ1) is 15.5. The van der Waals surface area contributed by atoms with Crippen LogP contribution in [0.25, 0.3) is 0 Å². The molecule has 0 saturated heterocycles. The molecular formula is C13H7BrCl2FIO. The van der Waals surface area contributed by atoms with Crippen LogP contribution in [0, 0.1) is 9.39 Å². The number of benzene rings is 2. The Hall–Kier alpha value is 0.120. The SMILES string of the molecule is OC(c1cc(Cl)c(Br)cc1F)c1cc(Cl)ccc1I. The molecule has 0 aliphatic heterocycles. The number of hydrogen-bond donors (Lipinski definition) is 1. The maximum absolute atomic E-state index is 13.9. The van der Waals surface area contributed by atoms with Gasteiger partial charge >= 0.3 is 0 Å². The first-order valence-electron chi connectivity index (χ1n) is 5.17. The van der Waals surface area contributed by atoms with Crippen molar-refractivity contribution in [3.63, 3.8) is 0 Å². The van der Waals surface area contributed by atoms with Crippen LogP contribution in [0.3, 0.4) is 0 Å². The normalized spacial score (nSPS) is 12.5. The number of halogens is 5. The Labute approximate surface area is 142 Å². The van der Waals surface area contributed by atoms with Crippen LogP contribution in [-0.4, -0.2) is 5.11 Å². The minimum absolute atomic E-state index is 0.119. The van der Waals surface area contributed by atoms with Crippen LogP contribution < -0.4 is 0 Å². The molecule has 1 unspecified atom stereocenters. The van der Waals surface area contributed by atoms with Gasteiger partial charge in [-0.3, -0.25) is 0 Å². The molecule has 2 aromatic carbocycles. The third-order valence-corrected chi connectivity index (χ3v) is 5.00. The molecule has 0 saturated carbocycles. The van der Waals surface area contributed by atoms with Crippen LogP contribution in [0.1, 0.15) is 17.2 Å². The first-order valence-corrected chi connectivity index (χ1v) is 7.80. The number of rotatable bonds is 2. The molecule has 1 N–H and O–H groups in total. The second-order valence-electron chi connectivity index (χ2n) is 3.86. The molecule has 6 heteroatoms. The van der Waals surface area contributed by atoms with E-state index in [0.29, 0.717) is 20.1 Å². The van der Waals surface area contributed by atoms with E-state index in [-0.39, 0.29) is 5.56 Å². The van der Waals surface area contributed by atoms with Gasteiger partial charge in [-0.25, -0.2) is 4.39 Å². The summed E-state index contributed by atoms with van der Waals surface area (Å²) in [5.41, 5.74) is 0.666. The summed E-state index contributed by atoms with van der Waals surface area (Å²) < 4.78 is 15.2. The van der Waals surface area contributed by atoms with E-state index in [0.717, 1.165) is 3.57 Å². The zero-order valence-electron chi connectivity index (χ0n) is 9.30. The smallest absolute Gasteiger partial charge is 0.130 e. The Balaban J connectivity index is 2.52. The fourth-order valence-electron chi connectivity index (χ4n) is 1.64. The quantitative estimate of drug-likeness (QED) is 0.444. The summed E-state index contributed by atoms with van der Waals surface area (Å²) in [4.78, 5) is 0. The fraction of sp³-hybridized carbons (Fsp3) is 0.0769. The van der Waals surface area contributed by atoms with Gasteiger partial charge < -0.3 is 5.11 Å². The molecule has 100 valence electrons. The van der Waals surface area contributed by atoms with Crippen molar-refractivity contribution in [2.24, 2.45) is 0 Å². The van der Waals surface area contributed by atoms with Crippen molar-refractivity contribution in [1.29, 1.82) is 0 Å². The maximum atomic E-state index is 13.9. The van der Waals surface area contributed by atoms with Gasteiger partial charge in [0, 0.05) is 18.6 Å². The van der Waals surface area contributed by atoms with Gasteiger partial charge in [0.1, 0.15) is 11.9 Å². The van der Waals surface area contributed by atoms with Crippen molar-refractivity contribution < 1.29 is 9.50 Å². The predicted molar refractivity (Wildman–Crippen MR) is 87.3 cm³/mol. The summed E-state index contributed by atoms with van der Waals surface area (Å²) in [7, 11) is 0. The van der Waals surface area contributed by atoms with Gasteiger partial charge in [0.25, 0.3) is 0 Å². The van der Waals surface area contributed by atoms with Gasteiger partial charge in [0.05, 0.1) is 5.02 Å². The highest BCUT2D eigenvalue weighted by Crippen LogP contribution is 2.34. The third-order valence-electron chi connectivity index (χ3n) is 2.59. The van der Waals surface area contributed by atoms with Crippen molar-refractivity contribution in [3.8, 4) is 0 Å². The monoisotopic (exact) mass is 474 g/mol. The summed E-state index contributed by atoms with van der Waals surface area (Å²) in [6.07, 6.45) is -1.11. The molecule has 0 spiro atoms. The average Bonchev–Trinajstić information content (AvgIpc) is 2.36. The molecule has 0 fully saturated rings. The molecule has 19 heavy (non-hydrogen) atoms. The standard InChI is InChI=1S/C13H7BrCl2FIO/c14-9-5-11(17)7(4-10(9)16)13(19)8-3-6(15)1-2-12(8)18/h1-5,13,19H. The highest BCUT2D eigenvalue weighted by Gasteiger charge is 2.19. The topological polar surface area (TPSA) is 20.2 Å². The lowest BCUT2D eigenvalue weighted by atomic mass is 10.0. The van der Waals surface area contributed by atoms with E-state index in [1.807, 2.05) is 0 Å². The highest BCUT2D eigenvalue weighted by atomic mass is 127. The lowest BCUT2D eigenvalue weighted by Gasteiger charge is -2.15. The summed E-state index contributed by atoms with van der Waals surface area (Å²) in [6.45, 7) is 0. The van der Waals surface area contributed by atoms with Crippen LogP contribution in [-0.2, 0) is 0 Å². The first-order chi connectivity index (χ1) is 8.90. The maximum Gasteiger partial charge on any atom is 0.130 e. The van der Waals surface area contributed by atoms with E-state index in [4.69, 9.17) is 23.2 Å². The van der Waals surface area contributed by atoms with Crippen molar-refractivity contribution >= 4 is 61.7 Å². The Kier molecular flexibility index (Phi) is 5.11. The van der Waals surface area contributed by atoms with Crippen molar-refractivity contribution in [3.05, 3.63) is 65.4 Å². The number of aliphatic hydroxyl groups is 1. The van der Waals surface area contributed by atoms with E-state index in [1.165, 1.54) is 12.1 Å². The fourth-order valence-corrected chi connectivity index (χ4v) is 2.94. The Morgan fingerprint density at radius 1 is 1.16 bits per heavy atom. The molecule has 2 rings (SSSR count). The molecule has 2 aromatic rings. The largest absolute Gasteiger partial charge is 0.384 e. The molecular weight excluding hydrogens is 469 g/mol. The van der Waals surface area contributed by atoms with Crippen molar-refractivity contribution in [2.45, 2.75) is 6.10 Å². The van der Waals surface area contributed by atoms with E-state index in [2.05, 4.69) is 38.5 Å². The Morgan fingerprint density at radius 3 is 2.53 bits per heavy atom. The van der Waals surface area contributed by atoms with Crippen LogP contribution >= 0.6 is 61.7 Å². The lowest BCUT2D eigenvalue weighted by Crippen LogP contribution is -2.05. The van der Waals surface area contributed by atoms with Crippen molar-refractivity contribution in [1.82, 2.24) is 0 Å². The summed E-state index contributed by atoms with van der Waals surface area (Å²) in [5, 5.41) is 11.1. The molecule has 0 radical (unpaired) electrons.